The van der Waals surface area contributed by atoms with E-state index in [0.29, 0.717) is 23.7 Å². The van der Waals surface area contributed by atoms with Gasteiger partial charge < -0.3 is 9.73 Å². The Morgan fingerprint density at radius 1 is 1.24 bits per heavy atom. The zero-order valence-electron chi connectivity index (χ0n) is 12.2. The average molecular weight is 350 g/mol. The van der Waals surface area contributed by atoms with Gasteiger partial charge in [0.25, 0.3) is 0 Å². The molecule has 21 heavy (non-hydrogen) atoms. The number of benzene rings is 1. The Morgan fingerprint density at radius 2 is 2.00 bits per heavy atom. The van der Waals surface area contributed by atoms with Crippen LogP contribution in [-0.4, -0.2) is 16.7 Å². The molecule has 1 aliphatic carbocycles. The Balaban J connectivity index is 1.59. The van der Waals surface area contributed by atoms with Crippen LogP contribution in [0.5, 0.6) is 0 Å². The molecule has 1 saturated carbocycles. The maximum Gasteiger partial charge on any atom is 0.248 e. The maximum absolute atomic E-state index is 5.73. The molecule has 0 atom stereocenters. The van der Waals surface area contributed by atoms with Crippen molar-refractivity contribution in [2.75, 3.05) is 6.54 Å². The second kappa shape index (κ2) is 6.28. The quantitative estimate of drug-likeness (QED) is 0.879. The van der Waals surface area contributed by atoms with Crippen molar-refractivity contribution in [2.45, 2.75) is 39.2 Å². The Bertz CT molecular complexity index is 605. The highest BCUT2D eigenvalue weighted by molar-refractivity contribution is 9.10. The number of hydrogen-bond acceptors (Lipinski definition) is 4. The molecule has 0 bridgehead atoms. The molecule has 3 rings (SSSR count). The first-order valence-corrected chi connectivity index (χ1v) is 8.24. The Morgan fingerprint density at radius 3 is 2.76 bits per heavy atom. The average Bonchev–Trinajstić information content (AvgIpc) is 3.09. The molecule has 0 spiro atoms. The van der Waals surface area contributed by atoms with Crippen LogP contribution in [0.25, 0.3) is 11.5 Å². The molecule has 1 aromatic carbocycles. The van der Waals surface area contributed by atoms with Gasteiger partial charge in [-0.1, -0.05) is 31.9 Å². The number of nitrogens with zero attached hydrogens (tertiary/aromatic N) is 2. The van der Waals surface area contributed by atoms with E-state index in [1.165, 1.54) is 25.7 Å². The minimum atomic E-state index is 0.436. The normalized spacial score (nSPS) is 17.2. The lowest BCUT2D eigenvalue weighted by atomic mass is 9.89. The van der Waals surface area contributed by atoms with E-state index in [1.54, 1.807) is 0 Å². The third-order valence-corrected chi connectivity index (χ3v) is 4.90. The van der Waals surface area contributed by atoms with Crippen LogP contribution in [-0.2, 0) is 6.54 Å². The summed E-state index contributed by atoms with van der Waals surface area (Å²) in [5.74, 6) is 1.20. The smallest absolute Gasteiger partial charge is 0.248 e. The summed E-state index contributed by atoms with van der Waals surface area (Å²) in [5, 5.41) is 11.7. The summed E-state index contributed by atoms with van der Waals surface area (Å²) >= 11 is 3.50. The highest BCUT2D eigenvalue weighted by Crippen LogP contribution is 2.36. The molecule has 2 aromatic rings. The Hall–Kier alpha value is -1.20. The minimum absolute atomic E-state index is 0.436. The van der Waals surface area contributed by atoms with Crippen LogP contribution in [0.4, 0.5) is 0 Å². The van der Waals surface area contributed by atoms with Gasteiger partial charge in [0.15, 0.2) is 0 Å². The van der Waals surface area contributed by atoms with E-state index in [9.17, 15) is 0 Å². The molecule has 5 heteroatoms. The summed E-state index contributed by atoms with van der Waals surface area (Å²) in [6, 6.07) is 7.87. The summed E-state index contributed by atoms with van der Waals surface area (Å²) in [7, 11) is 0. The van der Waals surface area contributed by atoms with Crippen LogP contribution < -0.4 is 5.32 Å². The summed E-state index contributed by atoms with van der Waals surface area (Å²) < 4.78 is 6.70. The van der Waals surface area contributed by atoms with Gasteiger partial charge in [-0.15, -0.1) is 10.2 Å². The van der Waals surface area contributed by atoms with Crippen molar-refractivity contribution in [1.29, 1.82) is 0 Å². The molecule has 0 unspecified atom stereocenters. The van der Waals surface area contributed by atoms with E-state index in [1.807, 2.05) is 24.3 Å². The molecule has 0 saturated heterocycles. The molecule has 4 nitrogen and oxygen atoms in total. The number of aromatic nitrogens is 2. The number of hydrogen-bond donors (Lipinski definition) is 1. The van der Waals surface area contributed by atoms with Crippen LogP contribution >= 0.6 is 15.9 Å². The van der Waals surface area contributed by atoms with Gasteiger partial charge in [-0.3, -0.25) is 0 Å². The largest absolute Gasteiger partial charge is 0.419 e. The monoisotopic (exact) mass is 349 g/mol. The fraction of sp³-hybridized carbons (Fsp3) is 0.500. The maximum atomic E-state index is 5.73. The van der Waals surface area contributed by atoms with Crippen LogP contribution in [0.1, 0.15) is 38.5 Å². The van der Waals surface area contributed by atoms with Crippen molar-refractivity contribution < 1.29 is 4.42 Å². The predicted octanol–water partition coefficient (Wildman–Crippen LogP) is 4.17. The van der Waals surface area contributed by atoms with Gasteiger partial charge in [0.05, 0.1) is 12.1 Å². The van der Waals surface area contributed by atoms with E-state index in [4.69, 9.17) is 4.42 Å². The van der Waals surface area contributed by atoms with Crippen LogP contribution in [0, 0.1) is 5.41 Å². The second-order valence-electron chi connectivity index (χ2n) is 6.10. The lowest BCUT2D eigenvalue weighted by Crippen LogP contribution is -2.29. The van der Waals surface area contributed by atoms with Crippen molar-refractivity contribution in [1.82, 2.24) is 15.5 Å². The zero-order valence-corrected chi connectivity index (χ0v) is 13.8. The molecular formula is C16H20BrN3O. The van der Waals surface area contributed by atoms with Gasteiger partial charge in [0.1, 0.15) is 0 Å². The number of nitrogens with one attached hydrogen (secondary N) is 1. The Labute approximate surface area is 133 Å². The van der Waals surface area contributed by atoms with Crippen molar-refractivity contribution >= 4 is 15.9 Å². The zero-order chi connectivity index (χ0) is 14.7. The first-order valence-electron chi connectivity index (χ1n) is 7.44. The van der Waals surface area contributed by atoms with Gasteiger partial charge in [-0.25, -0.2) is 0 Å². The minimum Gasteiger partial charge on any atom is -0.419 e. The van der Waals surface area contributed by atoms with Crippen molar-refractivity contribution in [2.24, 2.45) is 5.41 Å². The lowest BCUT2D eigenvalue weighted by Gasteiger charge is -2.23. The van der Waals surface area contributed by atoms with Crippen molar-refractivity contribution in [3.05, 3.63) is 34.6 Å². The van der Waals surface area contributed by atoms with E-state index >= 15 is 0 Å². The molecule has 1 fully saturated rings. The fourth-order valence-corrected chi connectivity index (χ4v) is 3.40. The topological polar surface area (TPSA) is 51.0 Å². The molecule has 1 heterocycles. The lowest BCUT2D eigenvalue weighted by molar-refractivity contribution is 0.307. The fourth-order valence-electron chi connectivity index (χ4n) is 2.95. The third-order valence-electron chi connectivity index (χ3n) is 4.21. The molecule has 0 amide bonds. The van der Waals surface area contributed by atoms with E-state index in [2.05, 4.69) is 38.4 Å². The first kappa shape index (κ1) is 14.7. The molecule has 0 radical (unpaired) electrons. The highest BCUT2D eigenvalue weighted by Gasteiger charge is 2.28. The van der Waals surface area contributed by atoms with Gasteiger partial charge in [0.2, 0.25) is 11.8 Å². The van der Waals surface area contributed by atoms with Crippen molar-refractivity contribution in [3.8, 4) is 11.5 Å². The van der Waals surface area contributed by atoms with Gasteiger partial charge in [-0.2, -0.15) is 0 Å². The molecular weight excluding hydrogens is 330 g/mol. The van der Waals surface area contributed by atoms with Crippen LogP contribution in [0.2, 0.25) is 0 Å². The van der Waals surface area contributed by atoms with E-state index < -0.39 is 0 Å². The number of halogens is 1. The summed E-state index contributed by atoms with van der Waals surface area (Å²) in [5.41, 5.74) is 1.37. The predicted molar refractivity (Wildman–Crippen MR) is 85.7 cm³/mol. The van der Waals surface area contributed by atoms with Gasteiger partial charge in [0, 0.05) is 11.0 Å². The molecule has 1 aliphatic rings. The van der Waals surface area contributed by atoms with E-state index in [-0.39, 0.29) is 0 Å². The van der Waals surface area contributed by atoms with Crippen LogP contribution in [0.3, 0.4) is 0 Å². The second-order valence-corrected chi connectivity index (χ2v) is 6.96. The number of rotatable bonds is 5. The Kier molecular flexibility index (Phi) is 4.40. The molecule has 1 aromatic heterocycles. The first-order chi connectivity index (χ1) is 10.2. The van der Waals surface area contributed by atoms with Crippen molar-refractivity contribution in [3.63, 3.8) is 0 Å². The van der Waals surface area contributed by atoms with Crippen LogP contribution in [0.15, 0.2) is 33.2 Å². The SMILES string of the molecule is CC1(CNCc2nnc(-c3ccccc3Br)o2)CCCC1. The standard InChI is InChI=1S/C16H20BrN3O/c1-16(8-4-5-9-16)11-18-10-14-19-20-15(21-14)12-6-2-3-7-13(12)17/h2-3,6-7,18H,4-5,8-11H2,1H3. The summed E-state index contributed by atoms with van der Waals surface area (Å²) in [4.78, 5) is 0. The third kappa shape index (κ3) is 3.52. The van der Waals surface area contributed by atoms with Gasteiger partial charge in [-0.05, 0) is 46.3 Å². The molecule has 0 aliphatic heterocycles. The summed E-state index contributed by atoms with van der Waals surface area (Å²) in [6.07, 6.45) is 5.33. The molecule has 112 valence electrons. The summed E-state index contributed by atoms with van der Waals surface area (Å²) in [6.45, 7) is 4.00. The highest BCUT2D eigenvalue weighted by atomic mass is 79.9. The van der Waals surface area contributed by atoms with E-state index in [0.717, 1.165) is 16.6 Å². The van der Waals surface area contributed by atoms with Gasteiger partial charge >= 0.3 is 0 Å². The molecule has 1 N–H and O–H groups in total.